The second kappa shape index (κ2) is 6.84. The quantitative estimate of drug-likeness (QED) is 0.859. The van der Waals surface area contributed by atoms with E-state index in [2.05, 4.69) is 15.3 Å². The minimum absolute atomic E-state index is 0.0299. The lowest BCUT2D eigenvalue weighted by atomic mass is 10.1. The molecular formula is C17H19N3O5. The third-order valence-electron chi connectivity index (χ3n) is 3.60. The first-order valence-corrected chi connectivity index (χ1v) is 7.86. The first kappa shape index (κ1) is 16.8. The molecule has 1 aliphatic heterocycles. The third kappa shape index (κ3) is 3.57. The highest BCUT2D eigenvalue weighted by Crippen LogP contribution is 2.34. The number of aromatic amines is 1. The van der Waals surface area contributed by atoms with Crippen LogP contribution in [0.4, 0.5) is 5.69 Å². The van der Waals surface area contributed by atoms with E-state index in [1.54, 1.807) is 18.2 Å². The molecule has 0 spiro atoms. The van der Waals surface area contributed by atoms with Crippen molar-refractivity contribution in [2.75, 3.05) is 19.2 Å². The van der Waals surface area contributed by atoms with Crippen molar-refractivity contribution in [1.82, 2.24) is 9.97 Å². The Morgan fingerprint density at radius 1 is 1.36 bits per heavy atom. The number of ether oxygens (including phenoxy) is 3. The van der Waals surface area contributed by atoms with E-state index in [0.717, 1.165) is 0 Å². The predicted octanol–water partition coefficient (Wildman–Crippen LogP) is 1.96. The van der Waals surface area contributed by atoms with Gasteiger partial charge in [-0.05, 0) is 24.5 Å². The summed E-state index contributed by atoms with van der Waals surface area (Å²) in [5, 5.41) is 2.69. The van der Waals surface area contributed by atoms with Crippen LogP contribution < -0.4 is 25.1 Å². The van der Waals surface area contributed by atoms with E-state index in [-0.39, 0.29) is 24.3 Å². The Hall–Kier alpha value is -3.03. The maximum absolute atomic E-state index is 12.5. The number of methoxy groups -OCH3 is 1. The summed E-state index contributed by atoms with van der Waals surface area (Å²) in [4.78, 5) is 31.4. The van der Waals surface area contributed by atoms with Gasteiger partial charge in [-0.15, -0.1) is 0 Å². The normalized spacial score (nSPS) is 12.3. The van der Waals surface area contributed by atoms with E-state index in [1.165, 1.54) is 7.11 Å². The Labute approximate surface area is 144 Å². The van der Waals surface area contributed by atoms with E-state index in [4.69, 9.17) is 14.2 Å². The summed E-state index contributed by atoms with van der Waals surface area (Å²) >= 11 is 0. The van der Waals surface area contributed by atoms with Gasteiger partial charge in [-0.3, -0.25) is 9.59 Å². The van der Waals surface area contributed by atoms with Gasteiger partial charge in [-0.25, -0.2) is 4.98 Å². The zero-order chi connectivity index (χ0) is 18.0. The number of hydrogen-bond donors (Lipinski definition) is 2. The first-order chi connectivity index (χ1) is 12.0. The van der Waals surface area contributed by atoms with Crippen LogP contribution in [0.2, 0.25) is 0 Å². The van der Waals surface area contributed by atoms with Crippen LogP contribution in [0, 0.1) is 5.92 Å². The van der Waals surface area contributed by atoms with Crippen molar-refractivity contribution >= 4 is 11.6 Å². The summed E-state index contributed by atoms with van der Waals surface area (Å²) in [6.07, 6.45) is 0.496. The molecule has 8 nitrogen and oxygen atoms in total. The summed E-state index contributed by atoms with van der Waals surface area (Å²) in [5.74, 6) is 0.962. The fraction of sp³-hybridized carbons (Fsp3) is 0.353. The lowest BCUT2D eigenvalue weighted by Gasteiger charge is -2.11. The topological polar surface area (TPSA) is 103 Å². The van der Waals surface area contributed by atoms with Gasteiger partial charge in [0.15, 0.2) is 17.2 Å². The highest BCUT2D eigenvalue weighted by Gasteiger charge is 2.20. The van der Waals surface area contributed by atoms with Crippen LogP contribution in [-0.4, -0.2) is 29.8 Å². The fourth-order valence-electron chi connectivity index (χ4n) is 2.46. The van der Waals surface area contributed by atoms with Crippen molar-refractivity contribution in [3.8, 4) is 17.4 Å². The molecule has 2 aromatic rings. The highest BCUT2D eigenvalue weighted by molar-refractivity contribution is 6.04. The molecule has 2 N–H and O–H groups in total. The molecule has 0 bridgehead atoms. The molecule has 3 rings (SSSR count). The summed E-state index contributed by atoms with van der Waals surface area (Å²) in [6, 6.07) is 5.02. The van der Waals surface area contributed by atoms with Crippen LogP contribution in [0.1, 0.15) is 30.0 Å². The number of anilines is 1. The van der Waals surface area contributed by atoms with Gasteiger partial charge in [0.25, 0.3) is 11.5 Å². The van der Waals surface area contributed by atoms with E-state index in [0.29, 0.717) is 29.3 Å². The highest BCUT2D eigenvalue weighted by atomic mass is 16.7. The summed E-state index contributed by atoms with van der Waals surface area (Å²) < 4.78 is 15.7. The lowest BCUT2D eigenvalue weighted by molar-refractivity contribution is 0.101. The molecule has 1 aromatic heterocycles. The summed E-state index contributed by atoms with van der Waals surface area (Å²) in [6.45, 7) is 4.11. The minimum Gasteiger partial charge on any atom is -0.479 e. The number of rotatable bonds is 5. The Bertz CT molecular complexity index is 860. The zero-order valence-electron chi connectivity index (χ0n) is 14.2. The van der Waals surface area contributed by atoms with Gasteiger partial charge in [0, 0.05) is 11.8 Å². The molecule has 132 valence electrons. The minimum atomic E-state index is -0.531. The summed E-state index contributed by atoms with van der Waals surface area (Å²) in [5.41, 5.74) is 0.415. The van der Waals surface area contributed by atoms with Crippen molar-refractivity contribution in [2.45, 2.75) is 20.3 Å². The number of nitrogens with one attached hydrogen (secondary N) is 2. The fourth-order valence-corrected chi connectivity index (χ4v) is 2.46. The Morgan fingerprint density at radius 2 is 2.12 bits per heavy atom. The molecule has 0 saturated heterocycles. The SMILES string of the molecule is COc1nc(CC(C)C)c(=O)[nH]c1C(=O)Nc1ccc2c(c1)OCO2. The van der Waals surface area contributed by atoms with Crippen molar-refractivity contribution in [3.05, 3.63) is 39.9 Å². The van der Waals surface area contributed by atoms with E-state index in [1.807, 2.05) is 13.8 Å². The van der Waals surface area contributed by atoms with Crippen LogP contribution in [-0.2, 0) is 6.42 Å². The monoisotopic (exact) mass is 345 g/mol. The van der Waals surface area contributed by atoms with Crippen molar-refractivity contribution in [1.29, 1.82) is 0 Å². The van der Waals surface area contributed by atoms with Gasteiger partial charge in [-0.1, -0.05) is 13.8 Å². The van der Waals surface area contributed by atoms with Crippen LogP contribution in [0.25, 0.3) is 0 Å². The average Bonchev–Trinajstić information content (AvgIpc) is 3.03. The third-order valence-corrected chi connectivity index (χ3v) is 3.60. The molecule has 0 fully saturated rings. The average molecular weight is 345 g/mol. The van der Waals surface area contributed by atoms with Crippen molar-refractivity contribution < 1.29 is 19.0 Å². The van der Waals surface area contributed by atoms with Gasteiger partial charge in [-0.2, -0.15) is 0 Å². The maximum atomic E-state index is 12.5. The predicted molar refractivity (Wildman–Crippen MR) is 90.5 cm³/mol. The molecule has 0 saturated carbocycles. The van der Waals surface area contributed by atoms with Gasteiger partial charge < -0.3 is 24.5 Å². The standard InChI is InChI=1S/C17H19N3O5/c1-9(2)6-11-15(21)20-14(17(19-11)23-3)16(22)18-10-4-5-12-13(7-10)25-8-24-12/h4-5,7,9H,6,8H2,1-3H3,(H,18,22)(H,20,21). The molecule has 1 aliphatic rings. The second-order valence-electron chi connectivity index (χ2n) is 6.02. The van der Waals surface area contributed by atoms with E-state index < -0.39 is 11.5 Å². The molecule has 8 heteroatoms. The molecule has 1 amide bonds. The number of amides is 1. The first-order valence-electron chi connectivity index (χ1n) is 7.86. The number of hydrogen-bond acceptors (Lipinski definition) is 6. The molecule has 0 radical (unpaired) electrons. The van der Waals surface area contributed by atoms with Crippen LogP contribution in [0.5, 0.6) is 17.4 Å². The maximum Gasteiger partial charge on any atom is 0.277 e. The second-order valence-corrected chi connectivity index (χ2v) is 6.02. The van der Waals surface area contributed by atoms with Crippen LogP contribution in [0.3, 0.4) is 0 Å². The number of benzene rings is 1. The molecule has 0 atom stereocenters. The van der Waals surface area contributed by atoms with Gasteiger partial charge >= 0.3 is 0 Å². The molecule has 1 aromatic carbocycles. The van der Waals surface area contributed by atoms with Gasteiger partial charge in [0.1, 0.15) is 5.69 Å². The Morgan fingerprint density at radius 3 is 2.84 bits per heavy atom. The number of carbonyl (C=O) groups excluding carboxylic acids is 1. The molecule has 2 heterocycles. The number of fused-ring (bicyclic) bond motifs is 1. The number of H-pyrrole nitrogens is 1. The smallest absolute Gasteiger partial charge is 0.277 e. The lowest BCUT2D eigenvalue weighted by Crippen LogP contribution is -2.25. The van der Waals surface area contributed by atoms with E-state index in [9.17, 15) is 9.59 Å². The Kier molecular flexibility index (Phi) is 4.60. The van der Waals surface area contributed by atoms with Crippen molar-refractivity contribution in [2.24, 2.45) is 5.92 Å². The van der Waals surface area contributed by atoms with Crippen LogP contribution in [0.15, 0.2) is 23.0 Å². The van der Waals surface area contributed by atoms with Gasteiger partial charge in [0.2, 0.25) is 12.7 Å². The van der Waals surface area contributed by atoms with Crippen molar-refractivity contribution in [3.63, 3.8) is 0 Å². The summed E-state index contributed by atoms with van der Waals surface area (Å²) in [7, 11) is 1.40. The number of aromatic nitrogens is 2. The molecule has 0 aliphatic carbocycles. The zero-order valence-corrected chi connectivity index (χ0v) is 14.2. The largest absolute Gasteiger partial charge is 0.479 e. The number of nitrogens with zero attached hydrogens (tertiary/aromatic N) is 1. The van der Waals surface area contributed by atoms with Gasteiger partial charge in [0.05, 0.1) is 7.11 Å². The molecular weight excluding hydrogens is 326 g/mol. The van der Waals surface area contributed by atoms with Crippen LogP contribution >= 0.6 is 0 Å². The molecule has 0 unspecified atom stereocenters. The number of carbonyl (C=O) groups is 1. The van der Waals surface area contributed by atoms with E-state index >= 15 is 0 Å². The Balaban J connectivity index is 1.86. The molecule has 25 heavy (non-hydrogen) atoms.